The Labute approximate surface area is 194 Å². The zero-order valence-corrected chi connectivity index (χ0v) is 19.3. The number of rotatable bonds is 4. The van der Waals surface area contributed by atoms with E-state index < -0.39 is 5.41 Å². The van der Waals surface area contributed by atoms with Gasteiger partial charge in [0.1, 0.15) is 11.6 Å². The topological polar surface area (TPSA) is 67.6 Å². The van der Waals surface area contributed by atoms with Crippen LogP contribution in [0.5, 0.6) is 0 Å². The van der Waals surface area contributed by atoms with Crippen LogP contribution in [0, 0.1) is 19.7 Å². The SMILES string of the molecule is Cc1ccc2c(c1)CCc1cc(C)ccc1C2(C[C@@H](C)N)c1nc(-c2ccc(F)cc2)n[nH]1. The molecule has 0 unspecified atom stereocenters. The average Bonchev–Trinajstić information content (AvgIpc) is 3.23. The molecule has 3 N–H and O–H groups in total. The fraction of sp³-hybridized carbons (Fsp3) is 0.286. The van der Waals surface area contributed by atoms with Gasteiger partial charge in [0.2, 0.25) is 0 Å². The highest BCUT2D eigenvalue weighted by Crippen LogP contribution is 2.47. The van der Waals surface area contributed by atoms with E-state index in [0.29, 0.717) is 12.2 Å². The second-order valence-electron chi connectivity index (χ2n) is 9.42. The minimum Gasteiger partial charge on any atom is -0.328 e. The summed E-state index contributed by atoms with van der Waals surface area (Å²) in [5.41, 5.74) is 14.3. The fourth-order valence-corrected chi connectivity index (χ4v) is 5.34. The summed E-state index contributed by atoms with van der Waals surface area (Å²) >= 11 is 0. The van der Waals surface area contributed by atoms with E-state index in [0.717, 1.165) is 24.2 Å². The normalized spacial score (nSPS) is 15.4. The van der Waals surface area contributed by atoms with Gasteiger partial charge >= 0.3 is 0 Å². The van der Waals surface area contributed by atoms with Crippen LogP contribution in [0.4, 0.5) is 4.39 Å². The number of aryl methyl sites for hydroxylation is 4. The lowest BCUT2D eigenvalue weighted by Gasteiger charge is -2.36. The molecule has 0 saturated carbocycles. The number of nitrogens with two attached hydrogens (primary N) is 1. The molecule has 4 nitrogen and oxygen atoms in total. The van der Waals surface area contributed by atoms with Crippen molar-refractivity contribution >= 4 is 0 Å². The number of hydrogen-bond donors (Lipinski definition) is 2. The van der Waals surface area contributed by atoms with Crippen LogP contribution in [-0.4, -0.2) is 21.2 Å². The molecule has 0 aliphatic heterocycles. The van der Waals surface area contributed by atoms with E-state index in [2.05, 4.69) is 60.4 Å². The third kappa shape index (κ3) is 3.76. The number of nitrogens with zero attached hydrogens (tertiary/aromatic N) is 2. The summed E-state index contributed by atoms with van der Waals surface area (Å²) in [6.07, 6.45) is 2.62. The predicted octanol–water partition coefficient (Wildman–Crippen LogP) is 5.40. The minimum atomic E-state index is -0.554. The monoisotopic (exact) mass is 440 g/mol. The molecule has 0 saturated heterocycles. The number of aromatic nitrogens is 3. The van der Waals surface area contributed by atoms with Crippen LogP contribution in [0.3, 0.4) is 0 Å². The van der Waals surface area contributed by atoms with Crippen LogP contribution < -0.4 is 5.73 Å². The molecule has 1 atom stereocenters. The number of fused-ring (bicyclic) bond motifs is 2. The van der Waals surface area contributed by atoms with Crippen molar-refractivity contribution in [2.45, 2.75) is 51.5 Å². The van der Waals surface area contributed by atoms with Crippen molar-refractivity contribution in [2.24, 2.45) is 5.73 Å². The minimum absolute atomic E-state index is 0.0641. The summed E-state index contributed by atoms with van der Waals surface area (Å²) in [7, 11) is 0. The van der Waals surface area contributed by atoms with Crippen molar-refractivity contribution in [1.29, 1.82) is 0 Å². The summed E-state index contributed by atoms with van der Waals surface area (Å²) in [6, 6.07) is 19.6. The maximum atomic E-state index is 13.5. The first-order valence-corrected chi connectivity index (χ1v) is 11.5. The van der Waals surface area contributed by atoms with Gasteiger partial charge in [0.05, 0.1) is 5.41 Å². The highest BCUT2D eigenvalue weighted by molar-refractivity contribution is 5.59. The third-order valence-corrected chi connectivity index (χ3v) is 6.72. The first-order chi connectivity index (χ1) is 15.9. The molecule has 0 amide bonds. The largest absolute Gasteiger partial charge is 0.328 e. The zero-order valence-electron chi connectivity index (χ0n) is 19.3. The highest BCUT2D eigenvalue weighted by Gasteiger charge is 2.44. The molecule has 0 bridgehead atoms. The number of halogens is 1. The maximum Gasteiger partial charge on any atom is 0.181 e. The summed E-state index contributed by atoms with van der Waals surface area (Å²) in [4.78, 5) is 5.00. The summed E-state index contributed by atoms with van der Waals surface area (Å²) < 4.78 is 13.5. The fourth-order valence-electron chi connectivity index (χ4n) is 5.34. The molecule has 168 valence electrons. The van der Waals surface area contributed by atoms with Crippen LogP contribution >= 0.6 is 0 Å². The Kier molecular flexibility index (Phi) is 5.37. The zero-order chi connectivity index (χ0) is 23.2. The van der Waals surface area contributed by atoms with Crippen LogP contribution in [0.1, 0.15) is 52.5 Å². The van der Waals surface area contributed by atoms with E-state index in [4.69, 9.17) is 10.7 Å². The molecule has 3 aromatic carbocycles. The average molecular weight is 441 g/mol. The van der Waals surface area contributed by atoms with Crippen LogP contribution in [0.15, 0.2) is 60.7 Å². The molecular weight excluding hydrogens is 411 g/mol. The molecule has 1 aliphatic carbocycles. The Hall–Kier alpha value is -3.31. The summed E-state index contributed by atoms with van der Waals surface area (Å²) in [5, 5.41) is 7.82. The lowest BCUT2D eigenvalue weighted by atomic mass is 9.68. The van der Waals surface area contributed by atoms with Crippen molar-refractivity contribution in [2.75, 3.05) is 0 Å². The van der Waals surface area contributed by atoms with E-state index in [1.807, 2.05) is 6.92 Å². The van der Waals surface area contributed by atoms with Crippen LogP contribution in [-0.2, 0) is 18.3 Å². The molecule has 0 fully saturated rings. The number of benzene rings is 3. The molecule has 5 heteroatoms. The van der Waals surface area contributed by atoms with E-state index in [-0.39, 0.29) is 11.9 Å². The Balaban J connectivity index is 1.80. The molecule has 1 heterocycles. The first-order valence-electron chi connectivity index (χ1n) is 11.5. The Morgan fingerprint density at radius 2 is 1.52 bits per heavy atom. The molecule has 0 spiro atoms. The van der Waals surface area contributed by atoms with Gasteiger partial charge in [0, 0.05) is 11.6 Å². The molecular formula is C28H29FN4. The quantitative estimate of drug-likeness (QED) is 0.447. The van der Waals surface area contributed by atoms with E-state index in [1.165, 1.54) is 45.5 Å². The Morgan fingerprint density at radius 3 is 2.06 bits per heavy atom. The van der Waals surface area contributed by atoms with Gasteiger partial charge in [-0.25, -0.2) is 9.37 Å². The van der Waals surface area contributed by atoms with Gasteiger partial charge in [-0.1, -0.05) is 47.5 Å². The Bertz CT molecular complexity index is 1250. The number of aromatic amines is 1. The van der Waals surface area contributed by atoms with Crippen molar-refractivity contribution in [3.63, 3.8) is 0 Å². The number of hydrogen-bond acceptors (Lipinski definition) is 3. The molecule has 1 aromatic heterocycles. The van der Waals surface area contributed by atoms with Crippen LogP contribution in [0.25, 0.3) is 11.4 Å². The third-order valence-electron chi connectivity index (χ3n) is 6.72. The van der Waals surface area contributed by atoms with E-state index in [1.54, 1.807) is 12.1 Å². The van der Waals surface area contributed by atoms with Crippen molar-refractivity contribution in [1.82, 2.24) is 15.2 Å². The van der Waals surface area contributed by atoms with Gasteiger partial charge in [0.25, 0.3) is 0 Å². The second kappa shape index (κ2) is 8.23. The smallest absolute Gasteiger partial charge is 0.181 e. The van der Waals surface area contributed by atoms with E-state index >= 15 is 0 Å². The van der Waals surface area contributed by atoms with Crippen molar-refractivity contribution < 1.29 is 4.39 Å². The van der Waals surface area contributed by atoms with Crippen molar-refractivity contribution in [3.8, 4) is 11.4 Å². The lowest BCUT2D eigenvalue weighted by Crippen LogP contribution is -2.38. The molecule has 0 radical (unpaired) electrons. The van der Waals surface area contributed by atoms with Gasteiger partial charge in [0.15, 0.2) is 5.82 Å². The first kappa shape index (κ1) is 21.5. The standard InChI is InChI=1S/C28H29FN4/c1-17-4-12-24-21(14-17)6-7-22-15-18(2)5-13-25(22)28(24,16-19(3)30)27-31-26(32-33-27)20-8-10-23(29)11-9-20/h4-5,8-15,19H,6-7,16,30H2,1-3H3,(H,31,32,33)/t19-/m1/s1. The maximum absolute atomic E-state index is 13.5. The summed E-state index contributed by atoms with van der Waals surface area (Å²) in [5.74, 6) is 1.05. The van der Waals surface area contributed by atoms with Gasteiger partial charge in [-0.2, -0.15) is 5.10 Å². The molecule has 33 heavy (non-hydrogen) atoms. The van der Waals surface area contributed by atoms with Gasteiger partial charge in [-0.3, -0.25) is 5.10 Å². The molecule has 1 aliphatic rings. The lowest BCUT2D eigenvalue weighted by molar-refractivity contribution is 0.476. The summed E-state index contributed by atoms with van der Waals surface area (Å²) in [6.45, 7) is 6.32. The van der Waals surface area contributed by atoms with Gasteiger partial charge in [-0.05, 0) is 86.6 Å². The Morgan fingerprint density at radius 1 is 0.939 bits per heavy atom. The number of nitrogens with one attached hydrogen (secondary N) is 1. The van der Waals surface area contributed by atoms with Crippen molar-refractivity contribution in [3.05, 3.63) is 106 Å². The second-order valence-corrected chi connectivity index (χ2v) is 9.42. The molecule has 4 aromatic rings. The van der Waals surface area contributed by atoms with Crippen LogP contribution in [0.2, 0.25) is 0 Å². The molecule has 5 rings (SSSR count). The van der Waals surface area contributed by atoms with E-state index in [9.17, 15) is 4.39 Å². The predicted molar refractivity (Wildman–Crippen MR) is 130 cm³/mol. The number of H-pyrrole nitrogens is 1. The van der Waals surface area contributed by atoms with Gasteiger partial charge < -0.3 is 5.73 Å². The van der Waals surface area contributed by atoms with Gasteiger partial charge in [-0.15, -0.1) is 0 Å². The highest BCUT2D eigenvalue weighted by atomic mass is 19.1.